The summed E-state index contributed by atoms with van der Waals surface area (Å²) in [6.45, 7) is 1.63. The second kappa shape index (κ2) is 7.31. The van der Waals surface area contributed by atoms with Gasteiger partial charge in [-0.1, -0.05) is 0 Å². The number of carbonyl (C=O) groups is 1. The Hall–Kier alpha value is -2.01. The molecule has 0 spiro atoms. The summed E-state index contributed by atoms with van der Waals surface area (Å²) in [6, 6.07) is 5.92. The van der Waals surface area contributed by atoms with E-state index in [-0.39, 0.29) is 24.7 Å². The first-order chi connectivity index (χ1) is 12.3. The second-order valence-electron chi connectivity index (χ2n) is 5.94. The van der Waals surface area contributed by atoms with E-state index in [1.807, 2.05) is 0 Å². The van der Waals surface area contributed by atoms with E-state index in [4.69, 9.17) is 9.47 Å². The lowest BCUT2D eigenvalue weighted by atomic mass is 10.0. The highest BCUT2D eigenvalue weighted by Gasteiger charge is 2.48. The highest BCUT2D eigenvalue weighted by molar-refractivity contribution is 7.89. The number of thiazole rings is 1. The molecule has 0 bridgehead atoms. The molecule has 1 aliphatic heterocycles. The predicted octanol–water partition coefficient (Wildman–Crippen LogP) is 1.59. The van der Waals surface area contributed by atoms with Gasteiger partial charge >= 0.3 is 5.97 Å². The van der Waals surface area contributed by atoms with Gasteiger partial charge in [0.2, 0.25) is 10.0 Å². The molecule has 1 aromatic heterocycles. The van der Waals surface area contributed by atoms with Crippen LogP contribution in [0.1, 0.15) is 11.8 Å². The normalized spacial score (nSPS) is 21.4. The average molecular weight is 398 g/mol. The maximum absolute atomic E-state index is 12.9. The summed E-state index contributed by atoms with van der Waals surface area (Å²) in [6.07, 6.45) is 1.70. The van der Waals surface area contributed by atoms with E-state index in [2.05, 4.69) is 4.98 Å². The monoisotopic (exact) mass is 398 g/mol. The van der Waals surface area contributed by atoms with Crippen LogP contribution >= 0.6 is 11.3 Å². The number of sulfonamides is 1. The van der Waals surface area contributed by atoms with Crippen molar-refractivity contribution >= 4 is 27.3 Å². The molecule has 8 nitrogen and oxygen atoms in total. The van der Waals surface area contributed by atoms with Crippen molar-refractivity contribution in [1.82, 2.24) is 9.29 Å². The van der Waals surface area contributed by atoms with Gasteiger partial charge in [-0.3, -0.25) is 9.78 Å². The van der Waals surface area contributed by atoms with Crippen LogP contribution in [0.5, 0.6) is 5.75 Å². The van der Waals surface area contributed by atoms with Crippen LogP contribution < -0.4 is 4.74 Å². The third kappa shape index (κ3) is 3.58. The quantitative estimate of drug-likeness (QED) is 0.787. The average Bonchev–Trinajstić information content (AvgIpc) is 3.14. The van der Waals surface area contributed by atoms with E-state index in [9.17, 15) is 18.3 Å². The van der Waals surface area contributed by atoms with Crippen LogP contribution in [0.3, 0.4) is 0 Å². The Labute approximate surface area is 155 Å². The minimum absolute atomic E-state index is 0.0111. The molecule has 26 heavy (non-hydrogen) atoms. The predicted molar refractivity (Wildman–Crippen MR) is 93.6 cm³/mol. The molecule has 1 N–H and O–H groups in total. The summed E-state index contributed by atoms with van der Waals surface area (Å²) in [7, 11) is -3.98. The van der Waals surface area contributed by atoms with Gasteiger partial charge in [-0.15, -0.1) is 11.3 Å². The Morgan fingerprint density at radius 3 is 2.77 bits per heavy atom. The molecule has 2 aromatic rings. The number of rotatable bonds is 6. The Bertz CT molecular complexity index is 867. The highest BCUT2D eigenvalue weighted by Crippen LogP contribution is 2.29. The van der Waals surface area contributed by atoms with Gasteiger partial charge in [0.05, 0.1) is 28.5 Å². The van der Waals surface area contributed by atoms with Gasteiger partial charge in [0.25, 0.3) is 0 Å². The summed E-state index contributed by atoms with van der Waals surface area (Å²) in [5.41, 5.74) is 0.0641. The fourth-order valence-corrected chi connectivity index (χ4v) is 4.81. The molecule has 0 unspecified atom stereocenters. The highest BCUT2D eigenvalue weighted by atomic mass is 32.2. The van der Waals surface area contributed by atoms with Crippen molar-refractivity contribution in [2.24, 2.45) is 0 Å². The van der Waals surface area contributed by atoms with Crippen LogP contribution in [0.25, 0.3) is 0 Å². The van der Waals surface area contributed by atoms with Crippen molar-refractivity contribution in [3.8, 4) is 5.75 Å². The number of carboxylic acid groups (broad SMARTS) is 1. The van der Waals surface area contributed by atoms with E-state index < -0.39 is 21.5 Å². The van der Waals surface area contributed by atoms with E-state index in [1.165, 1.54) is 30.4 Å². The lowest BCUT2D eigenvalue weighted by molar-refractivity contribution is -0.155. The number of aromatic nitrogens is 1. The molecule has 2 heterocycles. The van der Waals surface area contributed by atoms with Crippen LogP contribution in [0.4, 0.5) is 0 Å². The molecule has 0 saturated carbocycles. The van der Waals surface area contributed by atoms with E-state index in [1.54, 1.807) is 23.8 Å². The molecule has 1 aromatic carbocycles. The summed E-state index contributed by atoms with van der Waals surface area (Å²) in [4.78, 5) is 16.5. The molecule has 10 heteroatoms. The standard InChI is InChI=1S/C16H18N2O6S2/c1-16(15(19)20)10-23-7-6-18(16)26(21,22)14-4-2-12(3-5-14)24-9-13-8-17-11-25-13/h2-5,8,11H,6-7,9-10H2,1H3,(H,19,20)/t16-/m1/s1. The van der Waals surface area contributed by atoms with Crippen molar-refractivity contribution < 1.29 is 27.8 Å². The molecular formula is C16H18N2O6S2. The minimum atomic E-state index is -3.98. The lowest BCUT2D eigenvalue weighted by Gasteiger charge is -2.39. The molecule has 3 rings (SSSR count). The molecule has 0 aliphatic carbocycles. The Kier molecular flexibility index (Phi) is 5.28. The Morgan fingerprint density at radius 2 is 2.15 bits per heavy atom. The number of carboxylic acids is 1. The Balaban J connectivity index is 1.79. The van der Waals surface area contributed by atoms with Crippen molar-refractivity contribution in [1.29, 1.82) is 0 Å². The largest absolute Gasteiger partial charge is 0.488 e. The fraction of sp³-hybridized carbons (Fsp3) is 0.375. The molecule has 1 fully saturated rings. The van der Waals surface area contributed by atoms with Gasteiger partial charge in [0.15, 0.2) is 5.54 Å². The third-order valence-corrected chi connectivity index (χ3v) is 6.90. The summed E-state index contributed by atoms with van der Waals surface area (Å²) >= 11 is 1.46. The minimum Gasteiger partial charge on any atom is -0.488 e. The first-order valence-corrected chi connectivity index (χ1v) is 10.1. The smallest absolute Gasteiger partial charge is 0.327 e. The number of hydrogen-bond donors (Lipinski definition) is 1. The first kappa shape index (κ1) is 18.8. The topological polar surface area (TPSA) is 106 Å². The number of aliphatic carboxylic acids is 1. The van der Waals surface area contributed by atoms with Gasteiger partial charge in [-0.2, -0.15) is 4.31 Å². The van der Waals surface area contributed by atoms with Crippen molar-refractivity contribution in [2.75, 3.05) is 19.8 Å². The number of benzene rings is 1. The molecule has 1 atom stereocenters. The molecule has 1 saturated heterocycles. The summed E-state index contributed by atoms with van der Waals surface area (Å²) in [5.74, 6) is -0.731. The number of nitrogens with zero attached hydrogens (tertiary/aromatic N) is 2. The first-order valence-electron chi connectivity index (χ1n) is 7.78. The second-order valence-corrected chi connectivity index (χ2v) is 8.77. The maximum Gasteiger partial charge on any atom is 0.327 e. The van der Waals surface area contributed by atoms with E-state index in [0.29, 0.717) is 12.4 Å². The molecular weight excluding hydrogens is 380 g/mol. The molecule has 0 amide bonds. The summed E-state index contributed by atoms with van der Waals surface area (Å²) < 4.78 is 37.6. The number of morpholine rings is 1. The van der Waals surface area contributed by atoms with E-state index in [0.717, 1.165) is 9.18 Å². The molecule has 1 aliphatic rings. The zero-order chi connectivity index (χ0) is 18.8. The van der Waals surface area contributed by atoms with Gasteiger partial charge in [-0.05, 0) is 31.2 Å². The van der Waals surface area contributed by atoms with Crippen molar-refractivity contribution in [2.45, 2.75) is 24.0 Å². The Morgan fingerprint density at radius 1 is 1.42 bits per heavy atom. The summed E-state index contributed by atoms with van der Waals surface area (Å²) in [5, 5.41) is 9.47. The van der Waals surface area contributed by atoms with Crippen molar-refractivity contribution in [3.63, 3.8) is 0 Å². The SMILES string of the molecule is C[C@]1(C(=O)O)COCCN1S(=O)(=O)c1ccc(OCc2cncs2)cc1. The van der Waals surface area contributed by atoms with Crippen LogP contribution in [-0.2, 0) is 26.2 Å². The maximum atomic E-state index is 12.9. The van der Waals surface area contributed by atoms with Crippen LogP contribution in [0.15, 0.2) is 40.9 Å². The zero-order valence-electron chi connectivity index (χ0n) is 14.0. The number of ether oxygens (including phenoxy) is 2. The van der Waals surface area contributed by atoms with Crippen LogP contribution in [0, 0.1) is 0 Å². The molecule has 140 valence electrons. The lowest BCUT2D eigenvalue weighted by Crippen LogP contribution is -2.61. The van der Waals surface area contributed by atoms with Gasteiger partial charge in [0.1, 0.15) is 12.4 Å². The van der Waals surface area contributed by atoms with Crippen LogP contribution in [-0.4, -0.2) is 54.1 Å². The third-order valence-electron chi connectivity index (χ3n) is 4.11. The van der Waals surface area contributed by atoms with Crippen molar-refractivity contribution in [3.05, 3.63) is 40.8 Å². The number of hydrogen-bond acceptors (Lipinski definition) is 7. The fourth-order valence-electron chi connectivity index (χ4n) is 2.59. The van der Waals surface area contributed by atoms with Crippen LogP contribution in [0.2, 0.25) is 0 Å². The van der Waals surface area contributed by atoms with Gasteiger partial charge in [-0.25, -0.2) is 8.42 Å². The van der Waals surface area contributed by atoms with Gasteiger partial charge < -0.3 is 14.6 Å². The van der Waals surface area contributed by atoms with E-state index >= 15 is 0 Å². The van der Waals surface area contributed by atoms with Gasteiger partial charge in [0, 0.05) is 12.7 Å². The zero-order valence-corrected chi connectivity index (χ0v) is 15.6. The molecule has 0 radical (unpaired) electrons.